The molecule has 10 heteroatoms. The van der Waals surface area contributed by atoms with Crippen LogP contribution in [0.2, 0.25) is 0 Å². The Morgan fingerprint density at radius 2 is 1.85 bits per heavy atom. The summed E-state index contributed by atoms with van der Waals surface area (Å²) in [6.07, 6.45) is 8.56. The summed E-state index contributed by atoms with van der Waals surface area (Å²) in [5.74, 6) is -2.41. The number of aryl methyl sites for hydroxylation is 1. The molecule has 2 aromatic rings. The number of ether oxygens (including phenoxy) is 2. The smallest absolute Gasteiger partial charge is 0.210 e. The zero-order chi connectivity index (χ0) is 29.4. The molecule has 3 atom stereocenters. The van der Waals surface area contributed by atoms with Gasteiger partial charge in [-0.1, -0.05) is 47.0 Å². The molecule has 0 aromatic carbocycles. The minimum absolute atomic E-state index is 0.0889. The predicted molar refractivity (Wildman–Crippen MR) is 160 cm³/mol. The van der Waals surface area contributed by atoms with Gasteiger partial charge >= 0.3 is 0 Å². The minimum atomic E-state index is -0.905. The summed E-state index contributed by atoms with van der Waals surface area (Å²) < 4.78 is 14.1. The Hall–Kier alpha value is -1.88. The average Bonchev–Trinajstić information content (AvgIpc) is 3.57. The third-order valence-corrected chi connectivity index (χ3v) is 8.74. The molecule has 3 unspecified atom stereocenters. The molecule has 2 fully saturated rings. The van der Waals surface area contributed by atoms with Gasteiger partial charge in [-0.05, 0) is 53.0 Å². The van der Waals surface area contributed by atoms with Crippen LogP contribution in [-0.2, 0) is 20.8 Å². The first-order chi connectivity index (χ1) is 19.3. The van der Waals surface area contributed by atoms with Gasteiger partial charge in [0.2, 0.25) is 5.78 Å². The first-order valence-electron chi connectivity index (χ1n) is 15.1. The Morgan fingerprint density at radius 3 is 2.45 bits per heavy atom. The first kappa shape index (κ1) is 32.6. The quantitative estimate of drug-likeness (QED) is 0.136. The molecule has 1 saturated heterocycles. The van der Waals surface area contributed by atoms with Crippen LogP contribution in [0.5, 0.6) is 0 Å². The van der Waals surface area contributed by atoms with E-state index < -0.39 is 17.6 Å². The summed E-state index contributed by atoms with van der Waals surface area (Å²) in [7, 11) is 4.15. The molecule has 40 heavy (non-hydrogen) atoms. The summed E-state index contributed by atoms with van der Waals surface area (Å²) in [6.45, 7) is 11.9. The minimum Gasteiger partial charge on any atom is -0.347 e. The van der Waals surface area contributed by atoms with Gasteiger partial charge in [0, 0.05) is 12.5 Å². The highest BCUT2D eigenvalue weighted by molar-refractivity contribution is 7.98. The number of unbranched alkanes of at least 4 members (excludes halogenated alkanes) is 1. The molecular weight excluding hydrogens is 526 g/mol. The molecule has 9 nitrogen and oxygen atoms in total. The van der Waals surface area contributed by atoms with Gasteiger partial charge in [0.25, 0.3) is 0 Å². The summed E-state index contributed by atoms with van der Waals surface area (Å²) in [5.41, 5.74) is 1.51. The van der Waals surface area contributed by atoms with E-state index in [1.165, 1.54) is 11.8 Å². The van der Waals surface area contributed by atoms with Gasteiger partial charge in [-0.2, -0.15) is 5.10 Å². The molecule has 0 spiro atoms. The van der Waals surface area contributed by atoms with Crippen LogP contribution in [0.4, 0.5) is 0 Å². The lowest BCUT2D eigenvalue weighted by atomic mass is 9.73. The number of ketones is 2. The number of hydrogen-bond acceptors (Lipinski definition) is 9. The van der Waals surface area contributed by atoms with Crippen LogP contribution in [0.3, 0.4) is 0 Å². The number of rotatable bonds is 12. The molecule has 0 amide bonds. The lowest BCUT2D eigenvalue weighted by Gasteiger charge is -2.38. The van der Waals surface area contributed by atoms with Gasteiger partial charge in [-0.15, -0.1) is 11.8 Å². The van der Waals surface area contributed by atoms with Crippen LogP contribution in [0, 0.1) is 18.8 Å². The number of aromatic nitrogens is 4. The molecule has 224 valence electrons. The van der Waals surface area contributed by atoms with Crippen molar-refractivity contribution in [1.82, 2.24) is 24.6 Å². The van der Waals surface area contributed by atoms with Gasteiger partial charge in [0.15, 0.2) is 23.0 Å². The maximum Gasteiger partial charge on any atom is 0.210 e. The molecule has 1 aliphatic heterocycles. The van der Waals surface area contributed by atoms with Crippen LogP contribution in [0.25, 0.3) is 11.0 Å². The average molecular weight is 576 g/mol. The standard InChI is InChI=1S/C28H43N5O4S.C2H6/c1-7-9-14-28(36-15-16-37-28)21-13-10-12-20(23(21)34)24(35)25-29-26-22(27(30-25)38-6)18(3)31-33(26)17-19(11-8-2)32(4)5;1-2/h19-21H,7-17H2,1-6H3;1-2H3. The van der Waals surface area contributed by atoms with Crippen LogP contribution in [0.15, 0.2) is 5.03 Å². The maximum atomic E-state index is 13.9. The Labute approximate surface area is 244 Å². The van der Waals surface area contributed by atoms with Gasteiger partial charge in [-0.3, -0.25) is 9.59 Å². The third-order valence-electron chi connectivity index (χ3n) is 8.06. The monoisotopic (exact) mass is 575 g/mol. The van der Waals surface area contributed by atoms with Crippen molar-refractivity contribution in [3.8, 4) is 0 Å². The first-order valence-corrected chi connectivity index (χ1v) is 16.3. The Bertz CT molecular complexity index is 1140. The fourth-order valence-electron chi connectivity index (χ4n) is 5.96. The summed E-state index contributed by atoms with van der Waals surface area (Å²) in [4.78, 5) is 39.3. The summed E-state index contributed by atoms with van der Waals surface area (Å²) >= 11 is 1.48. The zero-order valence-electron chi connectivity index (χ0n) is 25.8. The van der Waals surface area contributed by atoms with Crippen molar-refractivity contribution in [2.24, 2.45) is 11.8 Å². The van der Waals surface area contributed by atoms with Crippen LogP contribution < -0.4 is 0 Å². The molecule has 2 aromatic heterocycles. The Kier molecular flexibility index (Phi) is 12.1. The van der Waals surface area contributed by atoms with Crippen LogP contribution >= 0.6 is 11.8 Å². The Morgan fingerprint density at radius 1 is 1.15 bits per heavy atom. The highest BCUT2D eigenvalue weighted by atomic mass is 32.2. The van der Waals surface area contributed by atoms with E-state index in [9.17, 15) is 9.59 Å². The number of carbonyl (C=O) groups is 2. The molecular formula is C30H49N5O4S. The third kappa shape index (κ3) is 6.77. The number of likely N-dealkylation sites (N-methyl/N-ethyl adjacent to an activating group) is 1. The largest absolute Gasteiger partial charge is 0.347 e. The number of fused-ring (bicyclic) bond motifs is 1. The van der Waals surface area contributed by atoms with Gasteiger partial charge in [0.05, 0.1) is 42.7 Å². The lowest BCUT2D eigenvalue weighted by Crippen LogP contribution is -2.49. The van der Waals surface area contributed by atoms with E-state index in [4.69, 9.17) is 19.6 Å². The topological polar surface area (TPSA) is 99.4 Å². The number of thioether (sulfide) groups is 1. The number of carbonyl (C=O) groups excluding carboxylic acids is 2. The highest BCUT2D eigenvalue weighted by Gasteiger charge is 2.51. The van der Waals surface area contributed by atoms with E-state index >= 15 is 0 Å². The molecule has 0 radical (unpaired) electrons. The second-order valence-electron chi connectivity index (χ2n) is 10.8. The molecule has 2 aliphatic rings. The fraction of sp³-hybridized carbons (Fsp3) is 0.767. The normalized spacial score (nSPS) is 21.5. The van der Waals surface area contributed by atoms with E-state index in [0.717, 1.165) is 48.2 Å². The number of nitrogens with zero attached hydrogens (tertiary/aromatic N) is 5. The van der Waals surface area contributed by atoms with Gasteiger partial charge in [-0.25, -0.2) is 14.6 Å². The predicted octanol–water partition coefficient (Wildman–Crippen LogP) is 5.71. The SMILES string of the molecule is CC.CCCCC1(C2CCCC(C(=O)c3nc(SC)c4c(C)nn(CC(CCC)N(C)C)c4n3)C2=O)OCCO1. The van der Waals surface area contributed by atoms with E-state index in [1.54, 1.807) is 0 Å². The molecule has 4 rings (SSSR count). The molecule has 3 heterocycles. The van der Waals surface area contributed by atoms with E-state index in [0.29, 0.717) is 50.7 Å². The molecule has 0 N–H and O–H groups in total. The van der Waals surface area contributed by atoms with Crippen molar-refractivity contribution in [3.05, 3.63) is 11.5 Å². The van der Waals surface area contributed by atoms with Crippen molar-refractivity contribution in [2.75, 3.05) is 33.6 Å². The fourth-order valence-corrected chi connectivity index (χ4v) is 6.58. The van der Waals surface area contributed by atoms with Gasteiger partial charge < -0.3 is 14.4 Å². The van der Waals surface area contributed by atoms with Crippen molar-refractivity contribution in [3.63, 3.8) is 0 Å². The van der Waals surface area contributed by atoms with Crippen molar-refractivity contribution < 1.29 is 19.1 Å². The zero-order valence-corrected chi connectivity index (χ0v) is 26.6. The van der Waals surface area contributed by atoms with E-state index in [2.05, 4.69) is 37.8 Å². The maximum absolute atomic E-state index is 13.9. The summed E-state index contributed by atoms with van der Waals surface area (Å²) in [6, 6.07) is 0.292. The van der Waals surface area contributed by atoms with Crippen molar-refractivity contribution in [2.45, 2.75) is 109 Å². The Balaban J connectivity index is 0.00000216. The van der Waals surface area contributed by atoms with Crippen LogP contribution in [0.1, 0.15) is 95.4 Å². The van der Waals surface area contributed by atoms with Crippen molar-refractivity contribution in [1.29, 1.82) is 0 Å². The second kappa shape index (κ2) is 14.8. The molecule has 0 bridgehead atoms. The second-order valence-corrected chi connectivity index (χ2v) is 11.6. The van der Waals surface area contributed by atoms with Crippen molar-refractivity contribution >= 4 is 34.4 Å². The summed E-state index contributed by atoms with van der Waals surface area (Å²) in [5, 5.41) is 6.40. The van der Waals surface area contributed by atoms with Gasteiger partial charge in [0.1, 0.15) is 5.03 Å². The number of Topliss-reactive ketones (excluding diaryl/α,β-unsaturated/α-hetero) is 2. The number of hydrogen-bond donors (Lipinski definition) is 0. The van der Waals surface area contributed by atoms with Crippen LogP contribution in [-0.4, -0.2) is 81.6 Å². The molecule has 1 aliphatic carbocycles. The molecule has 1 saturated carbocycles. The lowest BCUT2D eigenvalue weighted by molar-refractivity contribution is -0.206. The van der Waals surface area contributed by atoms with E-state index in [-0.39, 0.29) is 17.4 Å². The highest BCUT2D eigenvalue weighted by Crippen LogP contribution is 2.42. The van der Waals surface area contributed by atoms with E-state index in [1.807, 2.05) is 31.7 Å².